The summed E-state index contributed by atoms with van der Waals surface area (Å²) in [4.78, 5) is 0.306. The van der Waals surface area contributed by atoms with E-state index < -0.39 is 9.84 Å². The maximum absolute atomic E-state index is 11.6. The fourth-order valence-electron chi connectivity index (χ4n) is 3.49. The van der Waals surface area contributed by atoms with Gasteiger partial charge in [0.2, 0.25) is 0 Å². The number of aromatic hydroxyl groups is 1. The van der Waals surface area contributed by atoms with Crippen molar-refractivity contribution < 1.29 is 13.5 Å². The highest BCUT2D eigenvalue weighted by atomic mass is 32.2. The summed E-state index contributed by atoms with van der Waals surface area (Å²) in [6.07, 6.45) is 2.38. The van der Waals surface area contributed by atoms with Crippen LogP contribution in [0.3, 0.4) is 0 Å². The molecule has 0 unspecified atom stereocenters. The van der Waals surface area contributed by atoms with Crippen molar-refractivity contribution in [3.8, 4) is 17.6 Å². The molecule has 4 rings (SSSR count). The lowest BCUT2D eigenvalue weighted by Gasteiger charge is -2.09. The molecule has 0 aliphatic carbocycles. The van der Waals surface area contributed by atoms with E-state index in [-0.39, 0.29) is 0 Å². The first-order valence-corrected chi connectivity index (χ1v) is 11.9. The Morgan fingerprint density at radius 3 is 2.26 bits per heavy atom. The number of rotatable bonds is 4. The number of hydrogen-bond acceptors (Lipinski definition) is 3. The Hall–Kier alpha value is -3.55. The Labute approximate surface area is 182 Å². The average molecular weight is 427 g/mol. The number of fused-ring (bicyclic) bond motifs is 1. The molecule has 0 radical (unpaired) electrons. The number of sulfone groups is 1. The summed E-state index contributed by atoms with van der Waals surface area (Å²) in [6, 6.07) is 26.7. The van der Waals surface area contributed by atoms with E-state index >= 15 is 0 Å². The second-order valence-electron chi connectivity index (χ2n) is 7.57. The van der Waals surface area contributed by atoms with Crippen LogP contribution in [0.4, 0.5) is 0 Å². The third-order valence-electron chi connectivity index (χ3n) is 5.19. The molecule has 0 aromatic heterocycles. The van der Waals surface area contributed by atoms with Gasteiger partial charge in [0.15, 0.2) is 9.84 Å². The number of benzene rings is 4. The van der Waals surface area contributed by atoms with Crippen LogP contribution in [0.2, 0.25) is 0 Å². The molecule has 4 aromatic carbocycles. The number of phenols is 1. The van der Waals surface area contributed by atoms with Crippen molar-refractivity contribution in [1.29, 1.82) is 0 Å². The summed E-state index contributed by atoms with van der Waals surface area (Å²) < 4.78 is 23.1. The second kappa shape index (κ2) is 8.67. The third kappa shape index (κ3) is 4.96. The Morgan fingerprint density at radius 2 is 1.55 bits per heavy atom. The van der Waals surface area contributed by atoms with Crippen molar-refractivity contribution in [3.63, 3.8) is 0 Å². The van der Waals surface area contributed by atoms with Gasteiger partial charge in [0.05, 0.1) is 4.90 Å². The van der Waals surface area contributed by atoms with Crippen molar-refractivity contribution in [3.05, 3.63) is 107 Å². The minimum Gasteiger partial charge on any atom is -0.507 e. The van der Waals surface area contributed by atoms with Crippen LogP contribution in [0.15, 0.2) is 89.8 Å². The summed E-state index contributed by atoms with van der Waals surface area (Å²) in [6.45, 7) is 0. The van der Waals surface area contributed by atoms with E-state index in [9.17, 15) is 13.5 Å². The lowest BCUT2D eigenvalue weighted by atomic mass is 9.98. The smallest absolute Gasteiger partial charge is 0.175 e. The fraction of sp³-hybridized carbons (Fsp3) is 0.111. The van der Waals surface area contributed by atoms with Gasteiger partial charge in [-0.05, 0) is 46.3 Å². The number of hydrogen-bond donors (Lipinski definition) is 1. The summed E-state index contributed by atoms with van der Waals surface area (Å²) in [5.74, 6) is 6.57. The van der Waals surface area contributed by atoms with E-state index in [2.05, 4.69) is 11.8 Å². The first-order chi connectivity index (χ1) is 14.9. The van der Waals surface area contributed by atoms with Crippen LogP contribution < -0.4 is 0 Å². The van der Waals surface area contributed by atoms with Gasteiger partial charge in [-0.15, -0.1) is 0 Å². The lowest BCUT2D eigenvalue weighted by Crippen LogP contribution is -1.96. The zero-order valence-electron chi connectivity index (χ0n) is 17.2. The molecule has 0 saturated carbocycles. The van der Waals surface area contributed by atoms with Crippen molar-refractivity contribution in [2.75, 3.05) is 6.26 Å². The van der Waals surface area contributed by atoms with Gasteiger partial charge in [0.1, 0.15) is 5.75 Å². The predicted octanol–water partition coefficient (Wildman–Crippen LogP) is 5.13. The molecule has 0 amide bonds. The molecule has 0 fully saturated rings. The van der Waals surface area contributed by atoms with Gasteiger partial charge in [0, 0.05) is 30.0 Å². The predicted molar refractivity (Wildman–Crippen MR) is 125 cm³/mol. The highest BCUT2D eigenvalue weighted by molar-refractivity contribution is 7.90. The molecule has 0 heterocycles. The Bertz CT molecular complexity index is 1390. The van der Waals surface area contributed by atoms with E-state index in [1.165, 1.54) is 6.26 Å². The van der Waals surface area contributed by atoms with Gasteiger partial charge in [-0.1, -0.05) is 72.5 Å². The average Bonchev–Trinajstić information content (AvgIpc) is 2.76. The number of phenolic OH excluding ortho intramolecular Hbond substituents is 1. The summed E-state index contributed by atoms with van der Waals surface area (Å²) in [5.41, 5.74) is 3.81. The molecule has 1 N–H and O–H groups in total. The minimum atomic E-state index is -3.19. The van der Waals surface area contributed by atoms with Crippen LogP contribution in [0, 0.1) is 11.8 Å². The molecule has 4 heteroatoms. The third-order valence-corrected chi connectivity index (χ3v) is 6.32. The van der Waals surface area contributed by atoms with E-state index in [1.807, 2.05) is 60.7 Å². The van der Waals surface area contributed by atoms with E-state index in [4.69, 9.17) is 0 Å². The topological polar surface area (TPSA) is 54.4 Å². The first-order valence-electron chi connectivity index (χ1n) is 9.96. The monoisotopic (exact) mass is 426 g/mol. The summed E-state index contributed by atoms with van der Waals surface area (Å²) >= 11 is 0. The highest BCUT2D eigenvalue weighted by Crippen LogP contribution is 2.31. The zero-order valence-corrected chi connectivity index (χ0v) is 18.0. The Balaban J connectivity index is 1.56. The Morgan fingerprint density at radius 1 is 0.839 bits per heavy atom. The molecular weight excluding hydrogens is 404 g/mol. The molecule has 31 heavy (non-hydrogen) atoms. The molecule has 4 aromatic rings. The van der Waals surface area contributed by atoms with E-state index in [1.54, 1.807) is 24.3 Å². The van der Waals surface area contributed by atoms with Gasteiger partial charge in [-0.25, -0.2) is 8.42 Å². The van der Waals surface area contributed by atoms with E-state index in [0.29, 0.717) is 23.5 Å². The van der Waals surface area contributed by atoms with Crippen LogP contribution in [0.1, 0.15) is 22.3 Å². The molecule has 154 valence electrons. The standard InChI is InChI=1S/C27H22O3S/c1-31(29,30)25-16-11-20(12-17-25)8-5-9-22-10-13-23-14-15-24(27(28)26(23)19-22)18-21-6-3-2-4-7-21/h2-4,6-7,10-17,19,28H,8,18H2,1H3. The van der Waals surface area contributed by atoms with Crippen molar-refractivity contribution >= 4 is 20.6 Å². The maximum Gasteiger partial charge on any atom is 0.175 e. The molecule has 0 saturated heterocycles. The van der Waals surface area contributed by atoms with Gasteiger partial charge in [0.25, 0.3) is 0 Å². The highest BCUT2D eigenvalue weighted by Gasteiger charge is 2.08. The lowest BCUT2D eigenvalue weighted by molar-refractivity contribution is 0.476. The summed E-state index contributed by atoms with van der Waals surface area (Å²) in [7, 11) is -3.19. The maximum atomic E-state index is 11.6. The van der Waals surface area contributed by atoms with Gasteiger partial charge in [-0.3, -0.25) is 0 Å². The van der Waals surface area contributed by atoms with E-state index in [0.717, 1.165) is 33.0 Å². The molecule has 3 nitrogen and oxygen atoms in total. The molecule has 0 bridgehead atoms. The molecule has 0 atom stereocenters. The van der Waals surface area contributed by atoms with Crippen LogP contribution in [-0.4, -0.2) is 19.8 Å². The quantitative estimate of drug-likeness (QED) is 0.460. The normalized spacial score (nSPS) is 11.1. The van der Waals surface area contributed by atoms with Crippen molar-refractivity contribution in [1.82, 2.24) is 0 Å². The van der Waals surface area contributed by atoms with Gasteiger partial charge in [-0.2, -0.15) is 0 Å². The van der Waals surface area contributed by atoms with Crippen molar-refractivity contribution in [2.45, 2.75) is 17.7 Å². The fourth-order valence-corrected chi connectivity index (χ4v) is 4.12. The molecular formula is C27H22O3S. The van der Waals surface area contributed by atoms with Gasteiger partial charge >= 0.3 is 0 Å². The van der Waals surface area contributed by atoms with Crippen molar-refractivity contribution in [2.24, 2.45) is 0 Å². The van der Waals surface area contributed by atoms with Crippen LogP contribution in [-0.2, 0) is 22.7 Å². The Kier molecular flexibility index (Phi) is 5.79. The molecule has 0 spiro atoms. The SMILES string of the molecule is CS(=O)(=O)c1ccc(CC#Cc2ccc3ccc(Cc4ccccc4)c(O)c3c2)cc1. The second-order valence-corrected chi connectivity index (χ2v) is 9.58. The van der Waals surface area contributed by atoms with Gasteiger partial charge < -0.3 is 5.11 Å². The summed E-state index contributed by atoms with van der Waals surface area (Å²) in [5, 5.41) is 12.6. The molecule has 0 aliphatic heterocycles. The first kappa shape index (κ1) is 20.7. The van der Waals surface area contributed by atoms with Crippen LogP contribution in [0.5, 0.6) is 5.75 Å². The van der Waals surface area contributed by atoms with Crippen LogP contribution in [0.25, 0.3) is 10.8 Å². The molecule has 0 aliphatic rings. The zero-order chi connectivity index (χ0) is 21.8. The largest absolute Gasteiger partial charge is 0.507 e. The minimum absolute atomic E-state index is 0.293. The van der Waals surface area contributed by atoms with Crippen LogP contribution >= 0.6 is 0 Å².